The molecule has 0 aliphatic carbocycles. The van der Waals surface area contributed by atoms with Gasteiger partial charge in [-0.3, -0.25) is 0 Å². The Morgan fingerprint density at radius 2 is 0.850 bits per heavy atom. The first kappa shape index (κ1) is 42.0. The number of hydrogen-bond donors (Lipinski definition) is 0. The van der Waals surface area contributed by atoms with Gasteiger partial charge in [-0.05, 0) is 110 Å². The van der Waals surface area contributed by atoms with Gasteiger partial charge in [-0.25, -0.2) is 0 Å². The van der Waals surface area contributed by atoms with E-state index in [4.69, 9.17) is 25.9 Å². The van der Waals surface area contributed by atoms with Gasteiger partial charge in [0.2, 0.25) is 0 Å². The smallest absolute Gasteiger partial charge is 0.0896 e. The average molecular weight is 919 g/mol. The fourth-order valence-electron chi connectivity index (χ4n) is 8.25. The summed E-state index contributed by atoms with van der Waals surface area (Å²) in [6.45, 7) is 17.2. The molecule has 0 saturated carbocycles. The SMILES string of the molecule is C[Si](C)=[Zr]([Cl])[Cl].Cc1ccc(-c2cc3c(-c4cccc5ccccc45)c(C)c(C)cc3[cH-]2)o1.Cc1ccc(-c2cc3c(-c4cccc5ccccc45)c(C)c(C)cc3[cH-]2)o1. The second kappa shape index (κ2) is 17.7. The number of fused-ring (bicyclic) bond motifs is 4. The van der Waals surface area contributed by atoms with E-state index in [1.807, 2.05) is 26.0 Å². The van der Waals surface area contributed by atoms with Crippen LogP contribution in [0.1, 0.15) is 33.8 Å². The van der Waals surface area contributed by atoms with Gasteiger partial charge in [-0.15, -0.1) is 57.9 Å². The van der Waals surface area contributed by atoms with E-state index in [0.717, 1.165) is 34.2 Å². The van der Waals surface area contributed by atoms with Gasteiger partial charge in [0.1, 0.15) is 0 Å². The summed E-state index contributed by atoms with van der Waals surface area (Å²) in [6, 6.07) is 52.2. The summed E-state index contributed by atoms with van der Waals surface area (Å²) in [5.74, 6) is 3.75. The van der Waals surface area contributed by atoms with Crippen LogP contribution in [0, 0.1) is 41.5 Å². The zero-order valence-corrected chi connectivity index (χ0v) is 40.4. The van der Waals surface area contributed by atoms with Crippen molar-refractivity contribution in [3.8, 4) is 44.9 Å². The van der Waals surface area contributed by atoms with Crippen LogP contribution < -0.4 is 0 Å². The minimum atomic E-state index is -1.65. The van der Waals surface area contributed by atoms with Crippen LogP contribution in [0.25, 0.3) is 88.0 Å². The molecule has 0 radical (unpaired) electrons. The van der Waals surface area contributed by atoms with Crippen molar-refractivity contribution in [1.82, 2.24) is 0 Å². The summed E-state index contributed by atoms with van der Waals surface area (Å²) >= 11 is -1.65. The number of furan rings is 2. The zero-order valence-electron chi connectivity index (χ0n) is 35.4. The normalized spacial score (nSPS) is 11.2. The molecule has 300 valence electrons. The summed E-state index contributed by atoms with van der Waals surface area (Å²) in [4.78, 5) is 0. The molecule has 2 aromatic heterocycles. The molecule has 0 unspecified atom stereocenters. The van der Waals surface area contributed by atoms with Gasteiger partial charge in [0.25, 0.3) is 0 Å². The van der Waals surface area contributed by atoms with Crippen LogP contribution >= 0.6 is 17.0 Å². The van der Waals surface area contributed by atoms with E-state index in [2.05, 4.69) is 174 Å². The summed E-state index contributed by atoms with van der Waals surface area (Å²) in [7, 11) is 11.2. The van der Waals surface area contributed by atoms with Crippen molar-refractivity contribution in [2.45, 2.75) is 54.6 Å². The predicted molar refractivity (Wildman–Crippen MR) is 258 cm³/mol. The molecule has 0 fully saturated rings. The molecule has 2 nitrogen and oxygen atoms in total. The Labute approximate surface area is 368 Å². The molecule has 0 bridgehead atoms. The largest absolute Gasteiger partial charge is 0.496 e. The van der Waals surface area contributed by atoms with Gasteiger partial charge in [0, 0.05) is 0 Å². The predicted octanol–water partition coefficient (Wildman–Crippen LogP) is 17.3. The minimum Gasteiger partial charge on any atom is -0.496 e. The van der Waals surface area contributed by atoms with Gasteiger partial charge >= 0.3 is 53.5 Å². The summed E-state index contributed by atoms with van der Waals surface area (Å²) in [5.41, 5.74) is 12.6. The molecule has 0 aliphatic rings. The maximum Gasteiger partial charge on any atom is 0.0896 e. The van der Waals surface area contributed by atoms with Crippen molar-refractivity contribution in [2.24, 2.45) is 0 Å². The molecule has 0 spiro atoms. The first-order chi connectivity index (χ1) is 28.9. The molecule has 0 saturated heterocycles. The Hall–Kier alpha value is -4.70. The summed E-state index contributed by atoms with van der Waals surface area (Å²) in [5, 5.41) is 10.3. The van der Waals surface area contributed by atoms with Crippen LogP contribution in [0.4, 0.5) is 0 Å². The van der Waals surface area contributed by atoms with E-state index in [1.165, 1.54) is 87.6 Å². The van der Waals surface area contributed by atoms with Crippen molar-refractivity contribution in [3.05, 3.63) is 179 Å². The molecule has 10 rings (SSSR count). The molecule has 0 N–H and O–H groups in total. The number of aryl methyl sites for hydroxylation is 4. The van der Waals surface area contributed by atoms with Gasteiger partial charge in [-0.2, -0.15) is 0 Å². The topological polar surface area (TPSA) is 26.3 Å². The molecule has 10 aromatic rings. The van der Waals surface area contributed by atoms with E-state index >= 15 is 0 Å². The number of benzene rings is 6. The summed E-state index contributed by atoms with van der Waals surface area (Å²) in [6.07, 6.45) is 0. The van der Waals surface area contributed by atoms with Crippen molar-refractivity contribution >= 4 is 65.5 Å². The van der Waals surface area contributed by atoms with Gasteiger partial charge in [0.05, 0.1) is 23.0 Å². The fraction of sp³-hybridized carbons (Fsp3) is 0.148. The Kier molecular flexibility index (Phi) is 12.4. The van der Waals surface area contributed by atoms with E-state index in [-0.39, 0.29) is 5.43 Å². The molecule has 6 heteroatoms. The molecule has 2 heterocycles. The van der Waals surface area contributed by atoms with Gasteiger partial charge in [0.15, 0.2) is 0 Å². The Morgan fingerprint density at radius 1 is 0.467 bits per heavy atom. The van der Waals surface area contributed by atoms with Crippen LogP contribution in [-0.4, -0.2) is 5.43 Å². The first-order valence-corrected chi connectivity index (χ1v) is 32.9. The Bertz CT molecular complexity index is 2990. The van der Waals surface area contributed by atoms with Crippen LogP contribution in [-0.2, 0) is 18.0 Å². The van der Waals surface area contributed by atoms with Gasteiger partial charge < -0.3 is 8.83 Å². The quantitative estimate of drug-likeness (QED) is 0.130. The third-order valence-electron chi connectivity index (χ3n) is 11.6. The summed E-state index contributed by atoms with van der Waals surface area (Å²) < 4.78 is 11.8. The monoisotopic (exact) mass is 916 g/mol. The zero-order chi connectivity index (χ0) is 42.2. The average Bonchev–Trinajstić information content (AvgIpc) is 4.06. The van der Waals surface area contributed by atoms with Crippen LogP contribution in [0.5, 0.6) is 0 Å². The standard InChI is InChI=1S/2C26H21O.C2H6Si.2ClH.Zr/c2*1-16-13-20-14-21(25-12-11-17(2)27-25)15-24(20)26(18(16)3)23-10-6-8-19-7-4-5-9-22(19)23;1-3-2;;;/h2*4-15H,1-3H3;1-2H3;2*1H;/q2*-1;;;;+2/p-2. The molecular formula is C54H48Cl2O2SiZr-2. The van der Waals surface area contributed by atoms with Crippen molar-refractivity contribution in [2.75, 3.05) is 0 Å². The van der Waals surface area contributed by atoms with E-state index in [0.29, 0.717) is 0 Å². The number of halogens is 2. The van der Waals surface area contributed by atoms with E-state index in [1.54, 1.807) is 0 Å². The van der Waals surface area contributed by atoms with E-state index in [9.17, 15) is 0 Å². The molecule has 0 amide bonds. The van der Waals surface area contributed by atoms with Crippen molar-refractivity contribution in [3.63, 3.8) is 0 Å². The Morgan fingerprint density at radius 3 is 1.22 bits per heavy atom. The van der Waals surface area contributed by atoms with Crippen LogP contribution in [0.3, 0.4) is 0 Å². The molecule has 0 atom stereocenters. The third kappa shape index (κ3) is 8.46. The number of hydrogen-bond acceptors (Lipinski definition) is 2. The maximum atomic E-state index is 5.88. The van der Waals surface area contributed by atoms with Gasteiger partial charge in [-0.1, -0.05) is 118 Å². The fourth-order valence-corrected chi connectivity index (χ4v) is 8.25. The number of rotatable bonds is 4. The first-order valence-electron chi connectivity index (χ1n) is 20.4. The van der Waals surface area contributed by atoms with Crippen molar-refractivity contribution < 1.29 is 26.8 Å². The third-order valence-corrected chi connectivity index (χ3v) is 31.4. The maximum absolute atomic E-state index is 5.88. The molecular weight excluding hydrogens is 871 g/mol. The second-order valence-electron chi connectivity index (χ2n) is 16.0. The van der Waals surface area contributed by atoms with Crippen LogP contribution in [0.2, 0.25) is 13.1 Å². The van der Waals surface area contributed by atoms with Crippen LogP contribution in [0.15, 0.2) is 154 Å². The van der Waals surface area contributed by atoms with Crippen molar-refractivity contribution in [1.29, 1.82) is 0 Å². The molecule has 8 aromatic carbocycles. The Balaban J connectivity index is 0.000000147. The molecule has 60 heavy (non-hydrogen) atoms. The minimum absolute atomic E-state index is 0.224. The second-order valence-corrected chi connectivity index (χ2v) is 39.0. The molecule has 0 aliphatic heterocycles. The van der Waals surface area contributed by atoms with E-state index < -0.39 is 18.0 Å².